The Balaban J connectivity index is 1.83. The number of carbonyl (C=O) groups excluding carboxylic acids is 1. The van der Waals surface area contributed by atoms with Gasteiger partial charge in [0.1, 0.15) is 13.1 Å². The van der Waals surface area contributed by atoms with Crippen LogP contribution in [0.4, 0.5) is 0 Å². The van der Waals surface area contributed by atoms with Gasteiger partial charge < -0.3 is 9.64 Å². The van der Waals surface area contributed by atoms with E-state index < -0.39 is 0 Å². The van der Waals surface area contributed by atoms with Gasteiger partial charge in [-0.05, 0) is 13.0 Å². The maximum absolute atomic E-state index is 11.3. The van der Waals surface area contributed by atoms with E-state index in [0.29, 0.717) is 6.61 Å². The summed E-state index contributed by atoms with van der Waals surface area (Å²) in [7, 11) is 0. The van der Waals surface area contributed by atoms with Crippen LogP contribution < -0.4 is 4.90 Å². The zero-order valence-corrected chi connectivity index (χ0v) is 8.77. The van der Waals surface area contributed by atoms with Crippen LogP contribution in [0.1, 0.15) is 12.5 Å². The van der Waals surface area contributed by atoms with Crippen LogP contribution in [-0.2, 0) is 16.1 Å². The maximum Gasteiger partial charge on any atom is 0.371 e. The number of hydrogen-bond donors (Lipinski definition) is 1. The lowest BCUT2D eigenvalue weighted by Crippen LogP contribution is -2.93. The van der Waals surface area contributed by atoms with Crippen molar-refractivity contribution in [1.82, 2.24) is 4.98 Å². The van der Waals surface area contributed by atoms with E-state index in [1.807, 2.05) is 25.3 Å². The minimum absolute atomic E-state index is 0.0464. The number of ether oxygens (including phenoxy) is 1. The topological polar surface area (TPSA) is 43.6 Å². The Kier molecular flexibility index (Phi) is 2.97. The van der Waals surface area contributed by atoms with E-state index in [-0.39, 0.29) is 12.0 Å². The lowest BCUT2D eigenvalue weighted by atomic mass is 10.3. The molecule has 80 valence electrons. The lowest BCUT2D eigenvalue weighted by Gasteiger charge is -2.00. The van der Waals surface area contributed by atoms with Crippen molar-refractivity contribution in [3.8, 4) is 0 Å². The molecule has 1 saturated heterocycles. The number of pyridine rings is 1. The number of esters is 1. The van der Waals surface area contributed by atoms with Crippen molar-refractivity contribution in [1.29, 1.82) is 0 Å². The molecule has 0 aliphatic carbocycles. The molecule has 1 unspecified atom stereocenters. The Morgan fingerprint density at radius 2 is 2.60 bits per heavy atom. The van der Waals surface area contributed by atoms with Crippen LogP contribution in [0.25, 0.3) is 0 Å². The number of rotatable bonds is 4. The summed E-state index contributed by atoms with van der Waals surface area (Å²) in [5, 5.41) is 0. The zero-order chi connectivity index (χ0) is 10.7. The molecule has 1 fully saturated rings. The standard InChI is InChI=1S/C11H14N2O2/c1-2-15-11(14)10-8-13(10)7-9-4-3-5-12-6-9/h3-6,10H,2,7-8H2,1H3/p+1/t10-,13?/m0/s1. The summed E-state index contributed by atoms with van der Waals surface area (Å²) in [5.41, 5.74) is 1.17. The highest BCUT2D eigenvalue weighted by Crippen LogP contribution is 1.98. The fraction of sp³-hybridized carbons (Fsp3) is 0.455. The Labute approximate surface area is 88.9 Å². The minimum Gasteiger partial charge on any atom is -0.461 e. The third kappa shape index (κ3) is 2.53. The van der Waals surface area contributed by atoms with Crippen LogP contribution in [-0.4, -0.2) is 30.1 Å². The van der Waals surface area contributed by atoms with Crippen molar-refractivity contribution in [2.75, 3.05) is 13.2 Å². The molecule has 2 atom stereocenters. The second-order valence-corrected chi connectivity index (χ2v) is 3.71. The Bertz CT molecular complexity index is 340. The van der Waals surface area contributed by atoms with E-state index in [1.165, 1.54) is 10.5 Å². The molecule has 1 aliphatic rings. The largest absolute Gasteiger partial charge is 0.461 e. The van der Waals surface area contributed by atoms with Gasteiger partial charge in [-0.2, -0.15) is 0 Å². The molecular formula is C11H15N2O2+. The first-order valence-electron chi connectivity index (χ1n) is 5.21. The number of quaternary nitrogens is 1. The predicted octanol–water partition coefficient (Wildman–Crippen LogP) is -0.588. The van der Waals surface area contributed by atoms with E-state index in [0.717, 1.165) is 13.1 Å². The molecule has 0 radical (unpaired) electrons. The van der Waals surface area contributed by atoms with Crippen molar-refractivity contribution in [2.45, 2.75) is 19.5 Å². The highest BCUT2D eigenvalue weighted by Gasteiger charge is 2.47. The first-order chi connectivity index (χ1) is 7.31. The van der Waals surface area contributed by atoms with E-state index in [4.69, 9.17) is 4.74 Å². The van der Waals surface area contributed by atoms with Crippen LogP contribution in [0.15, 0.2) is 24.5 Å². The summed E-state index contributed by atoms with van der Waals surface area (Å²) >= 11 is 0. The fourth-order valence-corrected chi connectivity index (χ4v) is 1.66. The first-order valence-corrected chi connectivity index (χ1v) is 5.21. The Morgan fingerprint density at radius 1 is 1.73 bits per heavy atom. The molecule has 0 amide bonds. The quantitative estimate of drug-likeness (QED) is 0.530. The maximum atomic E-state index is 11.3. The Hall–Kier alpha value is -1.42. The number of aromatic nitrogens is 1. The molecule has 1 aromatic rings. The van der Waals surface area contributed by atoms with E-state index in [2.05, 4.69) is 4.98 Å². The molecule has 0 saturated carbocycles. The molecule has 2 rings (SSSR count). The molecule has 15 heavy (non-hydrogen) atoms. The number of carbonyl (C=O) groups is 1. The monoisotopic (exact) mass is 207 g/mol. The molecule has 0 aromatic carbocycles. The van der Waals surface area contributed by atoms with Gasteiger partial charge in [0.05, 0.1) is 6.61 Å². The molecule has 4 nitrogen and oxygen atoms in total. The van der Waals surface area contributed by atoms with Gasteiger partial charge in [0, 0.05) is 18.0 Å². The summed E-state index contributed by atoms with van der Waals surface area (Å²) in [6.45, 7) is 4.04. The van der Waals surface area contributed by atoms with E-state index in [1.54, 1.807) is 6.20 Å². The molecule has 1 aromatic heterocycles. The van der Waals surface area contributed by atoms with Crippen molar-refractivity contribution >= 4 is 5.97 Å². The Morgan fingerprint density at radius 3 is 3.27 bits per heavy atom. The van der Waals surface area contributed by atoms with Gasteiger partial charge in [-0.15, -0.1) is 0 Å². The highest BCUT2D eigenvalue weighted by molar-refractivity contribution is 5.76. The second kappa shape index (κ2) is 4.40. The van der Waals surface area contributed by atoms with Gasteiger partial charge in [0.15, 0.2) is 0 Å². The van der Waals surface area contributed by atoms with Crippen LogP contribution in [0.2, 0.25) is 0 Å². The highest BCUT2D eigenvalue weighted by atomic mass is 16.5. The molecule has 0 bridgehead atoms. The number of hydrogen-bond acceptors (Lipinski definition) is 3. The average molecular weight is 207 g/mol. The van der Waals surface area contributed by atoms with Crippen molar-refractivity contribution in [3.05, 3.63) is 30.1 Å². The molecule has 0 spiro atoms. The van der Waals surface area contributed by atoms with Gasteiger partial charge in [-0.3, -0.25) is 4.98 Å². The van der Waals surface area contributed by atoms with Crippen molar-refractivity contribution in [2.24, 2.45) is 0 Å². The third-order valence-electron chi connectivity index (χ3n) is 2.52. The fourth-order valence-electron chi connectivity index (χ4n) is 1.66. The third-order valence-corrected chi connectivity index (χ3v) is 2.52. The normalized spacial score (nSPS) is 23.5. The van der Waals surface area contributed by atoms with Crippen LogP contribution in [0.5, 0.6) is 0 Å². The van der Waals surface area contributed by atoms with Crippen LogP contribution in [0, 0.1) is 0 Å². The van der Waals surface area contributed by atoms with Crippen molar-refractivity contribution < 1.29 is 14.4 Å². The minimum atomic E-state index is -0.0728. The SMILES string of the molecule is CCOC(=O)[C@@H]1C[NH+]1Cc1cccnc1. The average Bonchev–Trinajstić information content (AvgIpc) is 2.99. The smallest absolute Gasteiger partial charge is 0.371 e. The summed E-state index contributed by atoms with van der Waals surface area (Å²) in [6, 6.07) is 3.99. The predicted molar refractivity (Wildman–Crippen MR) is 54.2 cm³/mol. The van der Waals surface area contributed by atoms with Crippen LogP contribution >= 0.6 is 0 Å². The number of nitrogens with one attached hydrogen (secondary N) is 1. The van der Waals surface area contributed by atoms with E-state index in [9.17, 15) is 4.79 Å². The summed E-state index contributed by atoms with van der Waals surface area (Å²) in [5.74, 6) is -0.0728. The molecule has 2 heterocycles. The summed E-state index contributed by atoms with van der Waals surface area (Å²) < 4.78 is 4.96. The molecule has 4 heteroatoms. The van der Waals surface area contributed by atoms with Gasteiger partial charge in [0.2, 0.25) is 6.04 Å². The molecule has 1 N–H and O–H groups in total. The molecule has 1 aliphatic heterocycles. The number of nitrogens with zero attached hydrogens (tertiary/aromatic N) is 1. The lowest BCUT2D eigenvalue weighted by molar-refractivity contribution is -0.784. The van der Waals surface area contributed by atoms with E-state index >= 15 is 0 Å². The molecular weight excluding hydrogens is 192 g/mol. The van der Waals surface area contributed by atoms with Gasteiger partial charge in [0.25, 0.3) is 0 Å². The summed E-state index contributed by atoms with van der Waals surface area (Å²) in [4.78, 5) is 16.7. The van der Waals surface area contributed by atoms with Gasteiger partial charge in [-0.25, -0.2) is 4.79 Å². The zero-order valence-electron chi connectivity index (χ0n) is 8.77. The van der Waals surface area contributed by atoms with Gasteiger partial charge in [-0.1, -0.05) is 6.07 Å². The first kappa shape index (κ1) is 10.1. The summed E-state index contributed by atoms with van der Waals surface area (Å²) in [6.07, 6.45) is 3.59. The van der Waals surface area contributed by atoms with Crippen molar-refractivity contribution in [3.63, 3.8) is 0 Å². The second-order valence-electron chi connectivity index (χ2n) is 3.71. The van der Waals surface area contributed by atoms with Gasteiger partial charge >= 0.3 is 5.97 Å². The van der Waals surface area contributed by atoms with Crippen LogP contribution in [0.3, 0.4) is 0 Å².